The molecule has 1 heterocycles. The second-order valence-electron chi connectivity index (χ2n) is 4.95. The van der Waals surface area contributed by atoms with Crippen LogP contribution in [0, 0.1) is 6.92 Å². The summed E-state index contributed by atoms with van der Waals surface area (Å²) in [5.74, 6) is -0.0746. The third-order valence-electron chi connectivity index (χ3n) is 3.11. The van der Waals surface area contributed by atoms with Gasteiger partial charge in [0.1, 0.15) is 11.3 Å². The van der Waals surface area contributed by atoms with E-state index in [1.54, 1.807) is 26.0 Å². The number of halogens is 1. The molecule has 0 radical (unpaired) electrons. The van der Waals surface area contributed by atoms with E-state index in [9.17, 15) is 9.90 Å². The monoisotopic (exact) mass is 313 g/mol. The van der Waals surface area contributed by atoms with E-state index >= 15 is 0 Å². The average Bonchev–Trinajstić information content (AvgIpc) is 2.71. The number of furan rings is 1. The van der Waals surface area contributed by atoms with E-state index in [4.69, 9.17) is 9.15 Å². The lowest BCUT2D eigenvalue weighted by molar-refractivity contribution is 0.0491. The van der Waals surface area contributed by atoms with Crippen molar-refractivity contribution >= 4 is 29.3 Å². The van der Waals surface area contributed by atoms with Crippen molar-refractivity contribution < 1.29 is 19.1 Å². The summed E-state index contributed by atoms with van der Waals surface area (Å²) in [4.78, 5) is 13.8. The molecule has 0 spiro atoms. The molecule has 0 fully saturated rings. The molecule has 0 saturated carbocycles. The summed E-state index contributed by atoms with van der Waals surface area (Å²) in [7, 11) is 3.83. The van der Waals surface area contributed by atoms with Crippen LogP contribution in [0.15, 0.2) is 16.5 Å². The number of aryl methyl sites for hydroxylation is 1. The summed E-state index contributed by atoms with van der Waals surface area (Å²) >= 11 is 0. The van der Waals surface area contributed by atoms with E-state index in [2.05, 4.69) is 0 Å². The highest BCUT2D eigenvalue weighted by Crippen LogP contribution is 2.34. The molecular formula is C15H20ClNO4. The van der Waals surface area contributed by atoms with E-state index in [0.29, 0.717) is 24.3 Å². The smallest absolute Gasteiger partial charge is 0.374 e. The second-order valence-corrected chi connectivity index (χ2v) is 4.95. The number of fused-ring (bicyclic) bond motifs is 1. The van der Waals surface area contributed by atoms with Crippen LogP contribution in [-0.2, 0) is 11.3 Å². The lowest BCUT2D eigenvalue weighted by atomic mass is 10.0. The number of hydrogen-bond donors (Lipinski definition) is 1. The number of esters is 1. The van der Waals surface area contributed by atoms with Gasteiger partial charge in [0, 0.05) is 23.1 Å². The first-order valence-corrected chi connectivity index (χ1v) is 6.51. The molecule has 6 heteroatoms. The van der Waals surface area contributed by atoms with Crippen molar-refractivity contribution in [1.82, 2.24) is 4.90 Å². The summed E-state index contributed by atoms with van der Waals surface area (Å²) < 4.78 is 10.6. The van der Waals surface area contributed by atoms with E-state index < -0.39 is 5.97 Å². The lowest BCUT2D eigenvalue weighted by Gasteiger charge is -2.12. The van der Waals surface area contributed by atoms with Crippen LogP contribution in [0.5, 0.6) is 5.75 Å². The topological polar surface area (TPSA) is 62.9 Å². The number of phenolic OH excluding ortho intramolecular Hbond substituents is 1. The highest BCUT2D eigenvalue weighted by molar-refractivity contribution is 5.97. The molecule has 2 aromatic rings. The molecular weight excluding hydrogens is 294 g/mol. The fraction of sp³-hybridized carbons (Fsp3) is 0.400. The van der Waals surface area contributed by atoms with Gasteiger partial charge < -0.3 is 19.2 Å². The Morgan fingerprint density at radius 2 is 2.05 bits per heavy atom. The molecule has 116 valence electrons. The predicted octanol–water partition coefficient (Wildman–Crippen LogP) is 3.11. The molecule has 0 aliphatic rings. The van der Waals surface area contributed by atoms with Crippen LogP contribution < -0.4 is 0 Å². The Hall–Kier alpha value is -1.72. The van der Waals surface area contributed by atoms with Gasteiger partial charge in [0.05, 0.1) is 6.61 Å². The number of nitrogens with zero attached hydrogens (tertiary/aromatic N) is 1. The highest BCUT2D eigenvalue weighted by Gasteiger charge is 2.22. The van der Waals surface area contributed by atoms with Crippen molar-refractivity contribution in [1.29, 1.82) is 0 Å². The van der Waals surface area contributed by atoms with Crippen LogP contribution >= 0.6 is 12.4 Å². The Morgan fingerprint density at radius 1 is 1.38 bits per heavy atom. The third-order valence-corrected chi connectivity index (χ3v) is 3.11. The van der Waals surface area contributed by atoms with Gasteiger partial charge >= 0.3 is 5.97 Å². The molecule has 2 rings (SSSR count). The first-order valence-electron chi connectivity index (χ1n) is 6.51. The summed E-state index contributed by atoms with van der Waals surface area (Å²) in [5, 5.41) is 10.8. The fourth-order valence-corrected chi connectivity index (χ4v) is 2.28. The predicted molar refractivity (Wildman–Crippen MR) is 83.2 cm³/mol. The number of aromatic hydroxyl groups is 1. The maximum absolute atomic E-state index is 11.9. The van der Waals surface area contributed by atoms with Gasteiger partial charge in [0.2, 0.25) is 5.76 Å². The van der Waals surface area contributed by atoms with Crippen LogP contribution in [0.25, 0.3) is 11.0 Å². The van der Waals surface area contributed by atoms with Crippen LogP contribution in [0.4, 0.5) is 0 Å². The molecule has 0 aliphatic carbocycles. The zero-order valence-electron chi connectivity index (χ0n) is 12.6. The third kappa shape index (κ3) is 3.31. The second kappa shape index (κ2) is 6.83. The van der Waals surface area contributed by atoms with Crippen LogP contribution in [0.1, 0.15) is 28.6 Å². The maximum Gasteiger partial charge on any atom is 0.374 e. The van der Waals surface area contributed by atoms with Crippen LogP contribution in [0.2, 0.25) is 0 Å². The van der Waals surface area contributed by atoms with Crippen molar-refractivity contribution in [3.63, 3.8) is 0 Å². The number of rotatable bonds is 4. The fourth-order valence-electron chi connectivity index (χ4n) is 2.28. The molecule has 0 aliphatic heterocycles. The number of carbonyl (C=O) groups is 1. The Labute approximate surface area is 129 Å². The van der Waals surface area contributed by atoms with Gasteiger partial charge in [-0.05, 0) is 40.1 Å². The summed E-state index contributed by atoms with van der Waals surface area (Å²) in [6.07, 6.45) is 0. The molecule has 21 heavy (non-hydrogen) atoms. The molecule has 0 bridgehead atoms. The van der Waals surface area contributed by atoms with Gasteiger partial charge in [0.15, 0.2) is 0 Å². The summed E-state index contributed by atoms with van der Waals surface area (Å²) in [6.45, 7) is 4.41. The van der Waals surface area contributed by atoms with Gasteiger partial charge in [-0.15, -0.1) is 12.4 Å². The first-order chi connectivity index (χ1) is 9.45. The van der Waals surface area contributed by atoms with Crippen molar-refractivity contribution in [2.45, 2.75) is 20.4 Å². The Bertz CT molecular complexity index is 649. The zero-order chi connectivity index (χ0) is 14.9. The average molecular weight is 314 g/mol. The molecule has 0 amide bonds. The van der Waals surface area contributed by atoms with Gasteiger partial charge in [-0.25, -0.2) is 4.79 Å². The minimum Gasteiger partial charge on any atom is -0.508 e. The van der Waals surface area contributed by atoms with Crippen LogP contribution in [-0.4, -0.2) is 36.7 Å². The molecule has 5 nitrogen and oxygen atoms in total. The van der Waals surface area contributed by atoms with Crippen molar-refractivity contribution in [2.24, 2.45) is 0 Å². The Kier molecular flexibility index (Phi) is 5.63. The molecule has 1 aromatic carbocycles. The van der Waals surface area contributed by atoms with E-state index in [0.717, 1.165) is 10.9 Å². The van der Waals surface area contributed by atoms with Crippen molar-refractivity contribution in [3.05, 3.63) is 29.0 Å². The molecule has 1 aromatic heterocycles. The van der Waals surface area contributed by atoms with E-state index in [1.807, 2.05) is 19.0 Å². The van der Waals surface area contributed by atoms with E-state index in [-0.39, 0.29) is 23.9 Å². The molecule has 0 atom stereocenters. The summed E-state index contributed by atoms with van der Waals surface area (Å²) in [6, 6.07) is 3.25. The maximum atomic E-state index is 11.9. The largest absolute Gasteiger partial charge is 0.508 e. The molecule has 0 unspecified atom stereocenters. The number of carbonyl (C=O) groups excluding carboxylic acids is 1. The SMILES string of the molecule is CCOC(=O)c1oc2ccc(O)c(CN(C)C)c2c1C.Cl. The highest BCUT2D eigenvalue weighted by atomic mass is 35.5. The lowest BCUT2D eigenvalue weighted by Crippen LogP contribution is -2.11. The Morgan fingerprint density at radius 3 is 2.62 bits per heavy atom. The number of benzene rings is 1. The quantitative estimate of drug-likeness (QED) is 0.879. The standard InChI is InChI=1S/C15H19NO4.ClH/c1-5-19-15(18)14-9(2)13-10(8-16(3)4)11(17)6-7-12(13)20-14;/h6-7,17H,5,8H2,1-4H3;1H. The van der Waals surface area contributed by atoms with Gasteiger partial charge in [-0.1, -0.05) is 0 Å². The number of hydrogen-bond acceptors (Lipinski definition) is 5. The van der Waals surface area contributed by atoms with Gasteiger partial charge in [-0.3, -0.25) is 0 Å². The Balaban J connectivity index is 0.00000220. The molecule has 1 N–H and O–H groups in total. The van der Waals surface area contributed by atoms with Crippen LogP contribution in [0.3, 0.4) is 0 Å². The zero-order valence-corrected chi connectivity index (χ0v) is 13.4. The molecule has 0 saturated heterocycles. The minimum atomic E-state index is -0.475. The minimum absolute atomic E-state index is 0. The summed E-state index contributed by atoms with van der Waals surface area (Å²) in [5.41, 5.74) is 2.04. The number of ether oxygens (including phenoxy) is 1. The van der Waals surface area contributed by atoms with Crippen molar-refractivity contribution in [2.75, 3.05) is 20.7 Å². The first kappa shape index (κ1) is 17.3. The van der Waals surface area contributed by atoms with Crippen molar-refractivity contribution in [3.8, 4) is 5.75 Å². The number of phenols is 1. The van der Waals surface area contributed by atoms with Gasteiger partial charge in [0.25, 0.3) is 0 Å². The van der Waals surface area contributed by atoms with Gasteiger partial charge in [-0.2, -0.15) is 0 Å². The van der Waals surface area contributed by atoms with E-state index in [1.165, 1.54) is 0 Å². The normalized spacial score (nSPS) is 10.7.